The Bertz CT molecular complexity index is 593. The molecule has 0 saturated carbocycles. The van der Waals surface area contributed by atoms with Crippen molar-refractivity contribution in [3.8, 4) is 0 Å². The van der Waals surface area contributed by atoms with Gasteiger partial charge in [0, 0.05) is 12.7 Å². The number of pyridine rings is 1. The molecule has 0 spiro atoms. The molecule has 0 unspecified atom stereocenters. The first-order valence-electron chi connectivity index (χ1n) is 5.60. The fourth-order valence-electron chi connectivity index (χ4n) is 1.68. The van der Waals surface area contributed by atoms with Crippen LogP contribution in [-0.4, -0.2) is 41.1 Å². The van der Waals surface area contributed by atoms with Crippen molar-refractivity contribution in [2.24, 2.45) is 4.99 Å². The summed E-state index contributed by atoms with van der Waals surface area (Å²) in [6.07, 6.45) is -4.07. The third-order valence-electron chi connectivity index (χ3n) is 2.51. The zero-order valence-corrected chi connectivity index (χ0v) is 11.8. The SMILES string of the molecule is O=C1N=C(N(Cc2cnc(Cl)c(Cl)c2)CC(F)(F)F)CO1. The molecule has 2 heterocycles. The summed E-state index contributed by atoms with van der Waals surface area (Å²) in [5.74, 6) is -0.0941. The number of aliphatic imine (C=N–C) groups is 1. The fraction of sp³-hybridized carbons (Fsp3) is 0.364. The molecule has 1 aliphatic heterocycles. The number of amides is 1. The summed E-state index contributed by atoms with van der Waals surface area (Å²) in [4.78, 5) is 19.0. The highest BCUT2D eigenvalue weighted by Gasteiger charge is 2.34. The van der Waals surface area contributed by atoms with Crippen LogP contribution in [0.4, 0.5) is 18.0 Å². The average Bonchev–Trinajstić information content (AvgIpc) is 2.78. The normalized spacial score (nSPS) is 14.9. The predicted molar refractivity (Wildman–Crippen MR) is 69.5 cm³/mol. The highest BCUT2D eigenvalue weighted by Crippen LogP contribution is 2.23. The molecule has 0 saturated heterocycles. The molecule has 1 aliphatic rings. The van der Waals surface area contributed by atoms with Gasteiger partial charge in [-0.15, -0.1) is 0 Å². The Morgan fingerprint density at radius 2 is 2.10 bits per heavy atom. The van der Waals surface area contributed by atoms with E-state index in [1.54, 1.807) is 0 Å². The smallest absolute Gasteiger partial charge is 0.435 e. The van der Waals surface area contributed by atoms with Crippen molar-refractivity contribution in [1.82, 2.24) is 9.88 Å². The van der Waals surface area contributed by atoms with E-state index < -0.39 is 18.8 Å². The van der Waals surface area contributed by atoms with Gasteiger partial charge in [-0.05, 0) is 11.6 Å². The number of hydrogen-bond donors (Lipinski definition) is 0. The second-order valence-electron chi connectivity index (χ2n) is 4.17. The monoisotopic (exact) mass is 341 g/mol. The molecule has 0 bridgehead atoms. The number of cyclic esters (lactones) is 1. The maximum atomic E-state index is 12.6. The van der Waals surface area contributed by atoms with E-state index in [-0.39, 0.29) is 29.2 Å². The third kappa shape index (κ3) is 4.47. The number of rotatable bonds is 3. The van der Waals surface area contributed by atoms with Crippen LogP contribution in [-0.2, 0) is 11.3 Å². The molecule has 2 rings (SSSR count). The van der Waals surface area contributed by atoms with E-state index in [1.807, 2.05) is 0 Å². The standard InChI is InChI=1S/C11H8Cl2F3N3O2/c12-7-1-6(2-17-9(7)13)3-19(5-11(14,15)16)8-4-21-10(20)18-8/h1-2H,3-5H2. The number of ether oxygens (including phenoxy) is 1. The molecule has 1 amide bonds. The van der Waals surface area contributed by atoms with Gasteiger partial charge in [0.05, 0.1) is 5.02 Å². The second kappa shape index (κ2) is 6.07. The van der Waals surface area contributed by atoms with Gasteiger partial charge in [-0.1, -0.05) is 23.2 Å². The largest absolute Gasteiger partial charge is 0.440 e. The Morgan fingerprint density at radius 1 is 1.38 bits per heavy atom. The van der Waals surface area contributed by atoms with E-state index in [9.17, 15) is 18.0 Å². The molecule has 0 fully saturated rings. The van der Waals surface area contributed by atoms with Gasteiger partial charge in [0.25, 0.3) is 0 Å². The van der Waals surface area contributed by atoms with Crippen molar-refractivity contribution >= 4 is 35.1 Å². The van der Waals surface area contributed by atoms with Crippen LogP contribution < -0.4 is 0 Å². The van der Waals surface area contributed by atoms with Crippen LogP contribution >= 0.6 is 23.2 Å². The predicted octanol–water partition coefficient (Wildman–Crippen LogP) is 3.30. The highest BCUT2D eigenvalue weighted by molar-refractivity contribution is 6.41. The molecule has 1 aromatic heterocycles. The lowest BCUT2D eigenvalue weighted by Gasteiger charge is -2.24. The van der Waals surface area contributed by atoms with Crippen LogP contribution in [0.3, 0.4) is 0 Å². The minimum Gasteiger partial charge on any atom is -0.440 e. The Labute approximate surface area is 127 Å². The van der Waals surface area contributed by atoms with E-state index in [0.717, 1.165) is 4.90 Å². The van der Waals surface area contributed by atoms with Gasteiger partial charge in [0.2, 0.25) is 0 Å². The number of carbonyl (C=O) groups excluding carboxylic acids is 1. The van der Waals surface area contributed by atoms with Crippen molar-refractivity contribution in [3.63, 3.8) is 0 Å². The van der Waals surface area contributed by atoms with Gasteiger partial charge >= 0.3 is 12.3 Å². The molecule has 0 N–H and O–H groups in total. The van der Waals surface area contributed by atoms with Gasteiger partial charge in [-0.3, -0.25) is 0 Å². The molecule has 0 radical (unpaired) electrons. The summed E-state index contributed by atoms with van der Waals surface area (Å²) in [5.41, 5.74) is 0.399. The van der Waals surface area contributed by atoms with Crippen molar-refractivity contribution in [2.75, 3.05) is 13.2 Å². The minimum atomic E-state index is -4.46. The van der Waals surface area contributed by atoms with E-state index in [4.69, 9.17) is 23.2 Å². The lowest BCUT2D eigenvalue weighted by atomic mass is 10.2. The van der Waals surface area contributed by atoms with E-state index in [2.05, 4.69) is 14.7 Å². The molecule has 0 aliphatic carbocycles. The molecule has 1 aromatic rings. The topological polar surface area (TPSA) is 54.8 Å². The maximum Gasteiger partial charge on any atom is 0.435 e. The van der Waals surface area contributed by atoms with E-state index in [1.165, 1.54) is 12.3 Å². The van der Waals surface area contributed by atoms with Crippen LogP contribution in [0.15, 0.2) is 17.3 Å². The van der Waals surface area contributed by atoms with Gasteiger partial charge in [-0.25, -0.2) is 9.78 Å². The lowest BCUT2D eigenvalue weighted by Crippen LogP contribution is -2.39. The lowest BCUT2D eigenvalue weighted by molar-refractivity contribution is -0.138. The fourth-order valence-corrected chi connectivity index (χ4v) is 1.97. The molecule has 21 heavy (non-hydrogen) atoms. The summed E-state index contributed by atoms with van der Waals surface area (Å²) < 4.78 is 42.4. The van der Waals surface area contributed by atoms with Gasteiger partial charge in [0.1, 0.15) is 11.7 Å². The summed E-state index contributed by atoms with van der Waals surface area (Å²) in [5, 5.41) is 0.182. The Kier molecular flexibility index (Phi) is 4.58. The zero-order valence-electron chi connectivity index (χ0n) is 10.3. The number of hydrogen-bond acceptors (Lipinski definition) is 4. The first-order valence-corrected chi connectivity index (χ1v) is 6.36. The molecule has 10 heteroatoms. The van der Waals surface area contributed by atoms with Gasteiger partial charge in [0.15, 0.2) is 12.4 Å². The average molecular weight is 342 g/mol. The van der Waals surface area contributed by atoms with Crippen molar-refractivity contribution in [2.45, 2.75) is 12.7 Å². The van der Waals surface area contributed by atoms with E-state index >= 15 is 0 Å². The Morgan fingerprint density at radius 3 is 2.62 bits per heavy atom. The van der Waals surface area contributed by atoms with Crippen LogP contribution in [0, 0.1) is 0 Å². The van der Waals surface area contributed by atoms with Crippen LogP contribution in [0.2, 0.25) is 10.2 Å². The Hall–Kier alpha value is -1.54. The summed E-state index contributed by atoms with van der Waals surface area (Å²) in [7, 11) is 0. The Balaban J connectivity index is 2.21. The summed E-state index contributed by atoms with van der Waals surface area (Å²) in [6, 6.07) is 1.40. The summed E-state index contributed by atoms with van der Waals surface area (Å²) in [6.45, 7) is -1.76. The zero-order chi connectivity index (χ0) is 15.6. The maximum absolute atomic E-state index is 12.6. The van der Waals surface area contributed by atoms with Crippen molar-refractivity contribution < 1.29 is 22.7 Å². The first kappa shape index (κ1) is 15.8. The quantitative estimate of drug-likeness (QED) is 0.791. The molecular weight excluding hydrogens is 334 g/mol. The number of halogens is 5. The number of alkyl halides is 3. The number of carbonyl (C=O) groups is 1. The second-order valence-corrected chi connectivity index (χ2v) is 4.94. The van der Waals surface area contributed by atoms with E-state index in [0.29, 0.717) is 5.56 Å². The van der Waals surface area contributed by atoms with Crippen LogP contribution in [0.25, 0.3) is 0 Å². The molecular formula is C11H8Cl2F3N3O2. The highest BCUT2D eigenvalue weighted by atomic mass is 35.5. The van der Waals surface area contributed by atoms with Crippen LogP contribution in [0.1, 0.15) is 5.56 Å². The number of aromatic nitrogens is 1. The minimum absolute atomic E-state index is 0.0551. The van der Waals surface area contributed by atoms with Crippen molar-refractivity contribution in [1.29, 1.82) is 0 Å². The molecule has 0 atom stereocenters. The first-order chi connectivity index (χ1) is 9.74. The molecule has 5 nitrogen and oxygen atoms in total. The number of amidine groups is 1. The van der Waals surface area contributed by atoms with Gasteiger partial charge in [-0.2, -0.15) is 18.2 Å². The van der Waals surface area contributed by atoms with Crippen molar-refractivity contribution in [3.05, 3.63) is 28.0 Å². The summed E-state index contributed by atoms with van der Waals surface area (Å²) >= 11 is 11.4. The van der Waals surface area contributed by atoms with Gasteiger partial charge < -0.3 is 9.64 Å². The number of nitrogens with zero attached hydrogens (tertiary/aromatic N) is 3. The molecule has 114 valence electrons. The third-order valence-corrected chi connectivity index (χ3v) is 3.19. The van der Waals surface area contributed by atoms with Crippen LogP contribution in [0.5, 0.6) is 0 Å². The molecule has 0 aromatic carbocycles.